The van der Waals surface area contributed by atoms with Gasteiger partial charge in [-0.3, -0.25) is 14.9 Å². The molecule has 2 heterocycles. The fourth-order valence-corrected chi connectivity index (χ4v) is 4.09. The maximum atomic E-state index is 12.2. The number of thiophene rings is 1. The summed E-state index contributed by atoms with van der Waals surface area (Å²) < 4.78 is 0. The van der Waals surface area contributed by atoms with Crippen LogP contribution in [0, 0.1) is 0 Å². The molecule has 1 aromatic heterocycles. The third kappa shape index (κ3) is 3.30. The third-order valence-corrected chi connectivity index (χ3v) is 5.27. The Morgan fingerprint density at radius 1 is 1.27 bits per heavy atom. The first-order chi connectivity index (χ1) is 10.6. The van der Waals surface area contributed by atoms with Crippen molar-refractivity contribution >= 4 is 29.2 Å². The van der Waals surface area contributed by atoms with Gasteiger partial charge < -0.3 is 10.6 Å². The molecule has 0 spiro atoms. The minimum absolute atomic E-state index is 0.171. The number of urea groups is 1. The predicted octanol–water partition coefficient (Wildman–Crippen LogP) is 1.23. The zero-order valence-electron chi connectivity index (χ0n) is 12.2. The number of carbonyl (C=O) groups excluding carboxylic acids is 3. The van der Waals surface area contributed by atoms with Crippen molar-refractivity contribution in [3.05, 3.63) is 21.4 Å². The van der Waals surface area contributed by atoms with Gasteiger partial charge in [0.2, 0.25) is 11.8 Å². The lowest BCUT2D eigenvalue weighted by atomic mass is 9.96. The van der Waals surface area contributed by atoms with Gasteiger partial charge in [0.05, 0.1) is 0 Å². The lowest BCUT2D eigenvalue weighted by Crippen LogP contribution is -2.48. The van der Waals surface area contributed by atoms with Gasteiger partial charge in [0, 0.05) is 17.8 Å². The van der Waals surface area contributed by atoms with E-state index < -0.39 is 12.1 Å². The second-order valence-electron chi connectivity index (χ2n) is 5.70. The van der Waals surface area contributed by atoms with Gasteiger partial charge in [0.25, 0.3) is 0 Å². The molecule has 3 N–H and O–H groups in total. The van der Waals surface area contributed by atoms with E-state index in [1.54, 1.807) is 11.3 Å². The molecule has 22 heavy (non-hydrogen) atoms. The molecule has 1 aliphatic heterocycles. The maximum Gasteiger partial charge on any atom is 0.322 e. The zero-order chi connectivity index (χ0) is 15.5. The second-order valence-corrected chi connectivity index (χ2v) is 6.66. The minimum atomic E-state index is -0.652. The molecule has 6 nitrogen and oxygen atoms in total. The standard InChI is InChI=1S/C15H19N3O3S/c19-13-6-5-11(17-15(21)18-13)14(20)16-7-9-8-22-12-4-2-1-3-10(9)12/h8,11H,1-7H2,(H,16,20)(H2,17,18,19,21)/t11-/m0/s1. The Kier molecular flexibility index (Phi) is 4.42. The molecule has 1 aliphatic carbocycles. The summed E-state index contributed by atoms with van der Waals surface area (Å²) in [5.41, 5.74) is 2.57. The van der Waals surface area contributed by atoms with Gasteiger partial charge in [-0.05, 0) is 48.6 Å². The number of aryl methyl sites for hydroxylation is 1. The van der Waals surface area contributed by atoms with E-state index in [9.17, 15) is 14.4 Å². The van der Waals surface area contributed by atoms with Crippen molar-refractivity contribution in [2.24, 2.45) is 0 Å². The topological polar surface area (TPSA) is 87.3 Å². The van der Waals surface area contributed by atoms with Crippen LogP contribution in [0.2, 0.25) is 0 Å². The van der Waals surface area contributed by atoms with Crippen LogP contribution in [0.1, 0.15) is 41.7 Å². The van der Waals surface area contributed by atoms with Gasteiger partial charge in [-0.1, -0.05) is 0 Å². The zero-order valence-corrected chi connectivity index (χ0v) is 13.1. The average molecular weight is 321 g/mol. The van der Waals surface area contributed by atoms with Crippen molar-refractivity contribution in [3.8, 4) is 0 Å². The molecule has 0 unspecified atom stereocenters. The predicted molar refractivity (Wildman–Crippen MR) is 82.5 cm³/mol. The van der Waals surface area contributed by atoms with Crippen LogP contribution in [0.4, 0.5) is 4.79 Å². The molecule has 0 saturated carbocycles. The van der Waals surface area contributed by atoms with Gasteiger partial charge >= 0.3 is 6.03 Å². The Bertz CT molecular complexity index is 611. The molecule has 118 valence electrons. The fraction of sp³-hybridized carbons (Fsp3) is 0.533. The van der Waals surface area contributed by atoms with Crippen molar-refractivity contribution in [2.45, 2.75) is 51.1 Å². The van der Waals surface area contributed by atoms with Gasteiger partial charge in [0.15, 0.2) is 0 Å². The quantitative estimate of drug-likeness (QED) is 0.782. The molecule has 1 atom stereocenters. The molecule has 0 aromatic carbocycles. The van der Waals surface area contributed by atoms with Crippen molar-refractivity contribution < 1.29 is 14.4 Å². The van der Waals surface area contributed by atoms with E-state index in [2.05, 4.69) is 21.3 Å². The van der Waals surface area contributed by atoms with Crippen molar-refractivity contribution in [1.82, 2.24) is 16.0 Å². The number of fused-ring (bicyclic) bond motifs is 1. The van der Waals surface area contributed by atoms with Gasteiger partial charge in [-0.25, -0.2) is 4.79 Å². The van der Waals surface area contributed by atoms with Crippen LogP contribution < -0.4 is 16.0 Å². The molecule has 3 rings (SSSR count). The average Bonchev–Trinajstić information content (AvgIpc) is 2.83. The Labute approximate surface area is 132 Å². The Hall–Kier alpha value is -1.89. The van der Waals surface area contributed by atoms with E-state index in [1.807, 2.05) is 0 Å². The SMILES string of the molecule is O=C1CC[C@@H](C(=O)NCc2csc3c2CCCC3)NC(=O)N1. The highest BCUT2D eigenvalue weighted by atomic mass is 32.1. The van der Waals surface area contributed by atoms with Gasteiger partial charge in [0.1, 0.15) is 6.04 Å². The van der Waals surface area contributed by atoms with Crippen LogP contribution in [0.25, 0.3) is 0 Å². The van der Waals surface area contributed by atoms with Crippen LogP contribution in [0.3, 0.4) is 0 Å². The highest BCUT2D eigenvalue weighted by molar-refractivity contribution is 7.10. The number of carbonyl (C=O) groups is 3. The van der Waals surface area contributed by atoms with E-state index in [4.69, 9.17) is 0 Å². The highest BCUT2D eigenvalue weighted by Crippen LogP contribution is 2.30. The lowest BCUT2D eigenvalue weighted by Gasteiger charge is -2.16. The molecule has 2 aliphatic rings. The molecule has 0 radical (unpaired) electrons. The summed E-state index contributed by atoms with van der Waals surface area (Å²) in [5.74, 6) is -0.583. The smallest absolute Gasteiger partial charge is 0.322 e. The van der Waals surface area contributed by atoms with Crippen molar-refractivity contribution in [1.29, 1.82) is 0 Å². The van der Waals surface area contributed by atoms with Crippen LogP contribution in [-0.2, 0) is 29.0 Å². The number of rotatable bonds is 3. The highest BCUT2D eigenvalue weighted by Gasteiger charge is 2.26. The van der Waals surface area contributed by atoms with Crippen molar-refractivity contribution in [3.63, 3.8) is 0 Å². The lowest BCUT2D eigenvalue weighted by molar-refractivity contribution is -0.123. The number of amides is 4. The Morgan fingerprint density at radius 3 is 2.95 bits per heavy atom. The number of hydrogen-bond donors (Lipinski definition) is 3. The van der Waals surface area contributed by atoms with E-state index >= 15 is 0 Å². The summed E-state index contributed by atoms with van der Waals surface area (Å²) in [5, 5.41) is 9.69. The van der Waals surface area contributed by atoms with E-state index in [0.717, 1.165) is 12.8 Å². The first kappa shape index (κ1) is 15.0. The molecule has 4 amide bonds. The van der Waals surface area contributed by atoms with E-state index in [1.165, 1.54) is 28.8 Å². The maximum absolute atomic E-state index is 12.2. The molecule has 7 heteroatoms. The van der Waals surface area contributed by atoms with Crippen LogP contribution >= 0.6 is 11.3 Å². The van der Waals surface area contributed by atoms with Crippen LogP contribution in [0.15, 0.2) is 5.38 Å². The fourth-order valence-electron chi connectivity index (χ4n) is 2.94. The van der Waals surface area contributed by atoms with Gasteiger partial charge in [-0.15, -0.1) is 11.3 Å². The summed E-state index contributed by atoms with van der Waals surface area (Å²) in [6.45, 7) is 0.485. The largest absolute Gasteiger partial charge is 0.350 e. The molecular formula is C15H19N3O3S. The van der Waals surface area contributed by atoms with Crippen LogP contribution in [-0.4, -0.2) is 23.9 Å². The molecule has 1 aromatic rings. The normalized spacial score (nSPS) is 21.4. The summed E-state index contributed by atoms with van der Waals surface area (Å²) in [6.07, 6.45) is 5.17. The monoisotopic (exact) mass is 321 g/mol. The van der Waals surface area contributed by atoms with Crippen LogP contribution in [0.5, 0.6) is 0 Å². The molecule has 1 fully saturated rings. The third-order valence-electron chi connectivity index (χ3n) is 4.14. The molecule has 0 bridgehead atoms. The first-order valence-electron chi connectivity index (χ1n) is 7.59. The van der Waals surface area contributed by atoms with Gasteiger partial charge in [-0.2, -0.15) is 0 Å². The first-order valence-corrected chi connectivity index (χ1v) is 8.47. The van der Waals surface area contributed by atoms with Crippen molar-refractivity contribution in [2.75, 3.05) is 0 Å². The molecular weight excluding hydrogens is 302 g/mol. The summed E-state index contributed by atoms with van der Waals surface area (Å²) in [6, 6.07) is -1.25. The Morgan fingerprint density at radius 2 is 2.09 bits per heavy atom. The number of nitrogens with one attached hydrogen (secondary N) is 3. The number of hydrogen-bond acceptors (Lipinski definition) is 4. The Balaban J connectivity index is 1.59. The minimum Gasteiger partial charge on any atom is -0.350 e. The van der Waals surface area contributed by atoms with E-state index in [-0.39, 0.29) is 18.2 Å². The summed E-state index contributed by atoms with van der Waals surface area (Å²) in [4.78, 5) is 36.3. The summed E-state index contributed by atoms with van der Waals surface area (Å²) in [7, 11) is 0. The molecule has 1 saturated heterocycles. The summed E-state index contributed by atoms with van der Waals surface area (Å²) >= 11 is 1.77. The number of imide groups is 1. The second kappa shape index (κ2) is 6.48. The van der Waals surface area contributed by atoms with E-state index in [0.29, 0.717) is 13.0 Å².